The quantitative estimate of drug-likeness (QED) is 0.214. The first-order valence-electron chi connectivity index (χ1n) is 16.1. The highest BCUT2D eigenvalue weighted by molar-refractivity contribution is 8.01. The summed E-state index contributed by atoms with van der Waals surface area (Å²) in [5, 5.41) is 15.0. The molecule has 3 aliphatic heterocycles. The maximum absolute atomic E-state index is 13.7. The number of carbonyl (C=O) groups excluding carboxylic acids is 2. The number of likely N-dealkylation sites (tertiary alicyclic amines) is 2. The number of aliphatic hydroxyl groups is 1. The minimum atomic E-state index is -5.06. The summed E-state index contributed by atoms with van der Waals surface area (Å²) in [6.07, 6.45) is -7.91. The van der Waals surface area contributed by atoms with Crippen molar-refractivity contribution in [1.82, 2.24) is 19.6 Å². The first kappa shape index (κ1) is 37.0. The lowest BCUT2D eigenvalue weighted by molar-refractivity contribution is -0.143. The van der Waals surface area contributed by atoms with E-state index in [1.807, 2.05) is 30.3 Å². The van der Waals surface area contributed by atoms with Crippen LogP contribution in [-0.2, 0) is 23.6 Å². The van der Waals surface area contributed by atoms with Gasteiger partial charge < -0.3 is 20.6 Å². The smallest absolute Gasteiger partial charge is 0.399 e. The normalized spacial score (nSPS) is 23.5. The zero-order valence-corrected chi connectivity index (χ0v) is 27.5. The van der Waals surface area contributed by atoms with Gasteiger partial charge in [0.15, 0.2) is 0 Å². The van der Waals surface area contributed by atoms with E-state index in [4.69, 9.17) is 10.9 Å². The number of alkyl halides is 6. The van der Waals surface area contributed by atoms with Crippen LogP contribution in [0, 0.1) is 0 Å². The number of aliphatic hydroxyl groups excluding tert-OH is 1. The Balaban J connectivity index is 1.27. The van der Waals surface area contributed by atoms with Crippen molar-refractivity contribution in [3.8, 4) is 0 Å². The Hall–Kier alpha value is -3.31. The Kier molecular flexibility index (Phi) is 11.5. The summed E-state index contributed by atoms with van der Waals surface area (Å²) in [4.78, 5) is 34.6. The van der Waals surface area contributed by atoms with Crippen LogP contribution >= 0.6 is 11.9 Å². The summed E-state index contributed by atoms with van der Waals surface area (Å²) in [5.74, 6) is -1.15. The number of piperidine rings is 1. The molecule has 49 heavy (non-hydrogen) atoms. The molecule has 0 spiro atoms. The zero-order chi connectivity index (χ0) is 35.5. The van der Waals surface area contributed by atoms with Crippen LogP contribution in [0.25, 0.3) is 0 Å². The number of amides is 2. The number of hydrogen-bond donors (Lipinski definition) is 3. The number of carbonyl (C=O) groups is 2. The average Bonchev–Trinajstić information content (AvgIpc) is 3.58. The molecule has 0 radical (unpaired) electrons. The molecule has 2 aromatic carbocycles. The summed E-state index contributed by atoms with van der Waals surface area (Å²) in [6, 6.07) is 10.1. The number of nitrogens with zero attached hydrogens (tertiary/aromatic N) is 4. The average molecular weight is 715 g/mol. The second-order valence-electron chi connectivity index (χ2n) is 12.7. The molecular formula is C33H40F6N6O3S. The van der Waals surface area contributed by atoms with Gasteiger partial charge in [0.05, 0.1) is 23.4 Å². The predicted octanol–water partition coefficient (Wildman–Crippen LogP) is 3.93. The summed E-state index contributed by atoms with van der Waals surface area (Å²) in [5.41, 5.74) is 3.04. The van der Waals surface area contributed by atoms with Crippen LogP contribution in [0.5, 0.6) is 0 Å². The van der Waals surface area contributed by atoms with Crippen LogP contribution in [0.1, 0.15) is 46.3 Å². The molecule has 3 aliphatic rings. The SMILES string of the molecule is NS/C(C(=O)N1CCC(N2CCN(C3CCN(C(=O)c4cc(C(F)(F)F)cc(C(F)(F)F)c4)C(Cc4ccccc4)C3)CC2)C1)=C(\N)CO. The molecule has 5 rings (SSSR count). The molecule has 16 heteroatoms. The number of hydrogen-bond acceptors (Lipinski definition) is 8. The molecule has 2 aromatic rings. The maximum atomic E-state index is 13.7. The van der Waals surface area contributed by atoms with Gasteiger partial charge in [-0.15, -0.1) is 0 Å². The van der Waals surface area contributed by atoms with Gasteiger partial charge in [-0.05, 0) is 61.4 Å². The van der Waals surface area contributed by atoms with E-state index in [0.717, 1.165) is 50.1 Å². The van der Waals surface area contributed by atoms with Crippen LogP contribution in [0.2, 0.25) is 0 Å². The Morgan fingerprint density at radius 3 is 1.96 bits per heavy atom. The lowest BCUT2D eigenvalue weighted by Crippen LogP contribution is -2.58. The predicted molar refractivity (Wildman–Crippen MR) is 173 cm³/mol. The van der Waals surface area contributed by atoms with Gasteiger partial charge in [0.2, 0.25) is 0 Å². The van der Waals surface area contributed by atoms with Crippen molar-refractivity contribution >= 4 is 23.8 Å². The Morgan fingerprint density at radius 1 is 0.837 bits per heavy atom. The molecule has 268 valence electrons. The van der Waals surface area contributed by atoms with E-state index in [1.54, 1.807) is 4.90 Å². The number of halogens is 6. The monoisotopic (exact) mass is 714 g/mol. The highest BCUT2D eigenvalue weighted by Gasteiger charge is 2.41. The van der Waals surface area contributed by atoms with E-state index in [0.29, 0.717) is 44.5 Å². The Bertz CT molecular complexity index is 1480. The molecular weight excluding hydrogens is 674 g/mol. The van der Waals surface area contributed by atoms with Gasteiger partial charge in [-0.1, -0.05) is 30.3 Å². The minimum absolute atomic E-state index is 0.0335. The van der Waals surface area contributed by atoms with E-state index < -0.39 is 47.6 Å². The van der Waals surface area contributed by atoms with Crippen molar-refractivity contribution in [1.29, 1.82) is 0 Å². The van der Waals surface area contributed by atoms with Gasteiger partial charge >= 0.3 is 12.4 Å². The highest BCUT2D eigenvalue weighted by atomic mass is 32.2. The largest absolute Gasteiger partial charge is 0.416 e. The van der Waals surface area contributed by atoms with Gasteiger partial charge in [-0.2, -0.15) is 26.3 Å². The molecule has 0 saturated carbocycles. The van der Waals surface area contributed by atoms with Crippen molar-refractivity contribution in [2.24, 2.45) is 10.9 Å². The van der Waals surface area contributed by atoms with Gasteiger partial charge in [0, 0.05) is 69.5 Å². The highest BCUT2D eigenvalue weighted by Crippen LogP contribution is 2.37. The standard InChI is InChI=1S/C33H40F6N6O3S/c34-32(35,36)23-15-22(16-24(17-23)33(37,38)39)30(47)45-9-7-25(18-27(45)14-21-4-2-1-3-5-21)42-10-12-43(13-11-42)26-6-8-44(19-26)31(48)29(49-41)28(40)20-46/h1-5,15-17,25-27,46H,6-14,18-20,40-41H2/b29-28-. The summed E-state index contributed by atoms with van der Waals surface area (Å²) in [7, 11) is 0. The fourth-order valence-corrected chi connectivity index (χ4v) is 7.57. The number of piperazine rings is 1. The second-order valence-corrected chi connectivity index (χ2v) is 13.4. The summed E-state index contributed by atoms with van der Waals surface area (Å²) < 4.78 is 81.6. The minimum Gasteiger partial charge on any atom is -0.399 e. The van der Waals surface area contributed by atoms with Crippen molar-refractivity contribution in [2.45, 2.75) is 56.2 Å². The third-order valence-electron chi connectivity index (χ3n) is 9.70. The lowest BCUT2D eigenvalue weighted by atomic mass is 9.90. The van der Waals surface area contributed by atoms with Crippen LogP contribution < -0.4 is 10.9 Å². The van der Waals surface area contributed by atoms with E-state index in [1.165, 1.54) is 4.90 Å². The lowest BCUT2D eigenvalue weighted by Gasteiger charge is -2.47. The van der Waals surface area contributed by atoms with Gasteiger partial charge in [-0.25, -0.2) is 0 Å². The number of nitrogens with two attached hydrogens (primary N) is 2. The van der Waals surface area contributed by atoms with Crippen LogP contribution in [0.15, 0.2) is 59.1 Å². The summed E-state index contributed by atoms with van der Waals surface area (Å²) >= 11 is 0.723. The van der Waals surface area contributed by atoms with Crippen LogP contribution in [-0.4, -0.2) is 107 Å². The molecule has 0 bridgehead atoms. The van der Waals surface area contributed by atoms with Crippen molar-refractivity contribution in [2.75, 3.05) is 52.4 Å². The maximum Gasteiger partial charge on any atom is 0.416 e. The van der Waals surface area contributed by atoms with Gasteiger partial charge in [-0.3, -0.25) is 24.5 Å². The molecule has 3 saturated heterocycles. The second kappa shape index (κ2) is 15.3. The molecule has 9 nitrogen and oxygen atoms in total. The van der Waals surface area contributed by atoms with Gasteiger partial charge in [0.1, 0.15) is 4.91 Å². The fourth-order valence-electron chi connectivity index (χ4n) is 7.12. The van der Waals surface area contributed by atoms with Crippen LogP contribution in [0.3, 0.4) is 0 Å². The van der Waals surface area contributed by atoms with E-state index >= 15 is 0 Å². The van der Waals surface area contributed by atoms with E-state index in [-0.39, 0.29) is 41.2 Å². The molecule has 3 heterocycles. The molecule has 0 aromatic heterocycles. The molecule has 0 aliphatic carbocycles. The molecule has 3 atom stereocenters. The Morgan fingerprint density at radius 2 is 1.41 bits per heavy atom. The van der Waals surface area contributed by atoms with Crippen molar-refractivity contribution in [3.63, 3.8) is 0 Å². The van der Waals surface area contributed by atoms with Crippen molar-refractivity contribution < 1.29 is 41.0 Å². The van der Waals surface area contributed by atoms with E-state index in [9.17, 15) is 41.0 Å². The molecule has 5 N–H and O–H groups in total. The first-order valence-corrected chi connectivity index (χ1v) is 17.0. The van der Waals surface area contributed by atoms with Crippen molar-refractivity contribution in [3.05, 3.63) is 81.4 Å². The third-order valence-corrected chi connectivity index (χ3v) is 10.4. The third kappa shape index (κ3) is 8.71. The number of rotatable bonds is 8. The van der Waals surface area contributed by atoms with Crippen LogP contribution in [0.4, 0.5) is 26.3 Å². The fraction of sp³-hybridized carbons (Fsp3) is 0.515. The molecule has 3 unspecified atom stereocenters. The molecule has 3 fully saturated rings. The topological polar surface area (TPSA) is 119 Å². The van der Waals surface area contributed by atoms with Gasteiger partial charge in [0.25, 0.3) is 11.8 Å². The first-order chi connectivity index (χ1) is 23.2. The zero-order valence-electron chi connectivity index (χ0n) is 26.7. The number of benzene rings is 2. The molecule has 2 amide bonds. The summed E-state index contributed by atoms with van der Waals surface area (Å²) in [6.45, 7) is 3.71. The Labute approximate surface area is 285 Å². The van der Waals surface area contributed by atoms with E-state index in [2.05, 4.69) is 9.80 Å².